The van der Waals surface area contributed by atoms with Crippen LogP contribution in [0.2, 0.25) is 0 Å². The molecule has 9 heteroatoms. The summed E-state index contributed by atoms with van der Waals surface area (Å²) in [6.45, 7) is 7.85. The highest BCUT2D eigenvalue weighted by Gasteiger charge is 2.35. The molecule has 0 aliphatic carbocycles. The van der Waals surface area contributed by atoms with Crippen molar-refractivity contribution in [3.05, 3.63) is 0 Å². The van der Waals surface area contributed by atoms with Crippen LogP contribution in [0.4, 0.5) is 9.59 Å². The van der Waals surface area contributed by atoms with Crippen LogP contribution in [0.15, 0.2) is 0 Å². The van der Waals surface area contributed by atoms with Gasteiger partial charge in [-0.15, -0.1) is 0 Å². The number of carbonyl (C=O) groups is 2. The first-order valence-electron chi connectivity index (χ1n) is 9.24. The number of urea groups is 1. The second-order valence-corrected chi connectivity index (χ2v) is 10.5. The summed E-state index contributed by atoms with van der Waals surface area (Å²) in [6.07, 6.45) is 2.61. The lowest BCUT2D eigenvalue weighted by molar-refractivity contribution is 0.0461. The van der Waals surface area contributed by atoms with Crippen molar-refractivity contribution in [1.29, 1.82) is 0 Å². The van der Waals surface area contributed by atoms with Crippen LogP contribution in [0.3, 0.4) is 0 Å². The van der Waals surface area contributed by atoms with Crippen molar-refractivity contribution in [3.8, 4) is 0 Å². The summed E-state index contributed by atoms with van der Waals surface area (Å²) < 4.78 is 28.5. The predicted octanol–water partition coefficient (Wildman–Crippen LogP) is 1.65. The monoisotopic (exact) mass is 389 g/mol. The van der Waals surface area contributed by atoms with Crippen LogP contribution in [0.5, 0.6) is 0 Å². The molecule has 0 spiro atoms. The molecule has 0 bridgehead atoms. The third kappa shape index (κ3) is 6.03. The molecule has 150 valence electrons. The Kier molecular flexibility index (Phi) is 6.42. The highest BCUT2D eigenvalue weighted by atomic mass is 32.2. The van der Waals surface area contributed by atoms with E-state index in [0.717, 1.165) is 19.3 Å². The van der Waals surface area contributed by atoms with E-state index in [1.807, 2.05) is 6.92 Å². The molecule has 0 aromatic carbocycles. The van der Waals surface area contributed by atoms with E-state index in [9.17, 15) is 18.0 Å². The molecule has 2 aliphatic rings. The lowest BCUT2D eigenvalue weighted by Crippen LogP contribution is -2.58. The molecule has 3 atom stereocenters. The molecular weight excluding hydrogens is 358 g/mol. The van der Waals surface area contributed by atoms with Crippen LogP contribution < -0.4 is 10.6 Å². The summed E-state index contributed by atoms with van der Waals surface area (Å²) in [4.78, 5) is 26.4. The third-order valence-electron chi connectivity index (χ3n) is 4.69. The van der Waals surface area contributed by atoms with E-state index in [1.165, 1.54) is 0 Å². The number of alkyl carbamates (subject to hydrolysis) is 1. The number of rotatable bonds is 3. The summed E-state index contributed by atoms with van der Waals surface area (Å²) in [5.74, 6) is 0.126. The Labute approximate surface area is 155 Å². The Balaban J connectivity index is 1.95. The molecule has 2 fully saturated rings. The SMILES string of the molecule is C[C@H](NC(=O)OC(C)(C)C)[C@H]1CCCCN1C(=O)N[C@H]1CCS(=O)(=O)C1. The van der Waals surface area contributed by atoms with E-state index in [0.29, 0.717) is 13.0 Å². The second kappa shape index (κ2) is 8.02. The quantitative estimate of drug-likeness (QED) is 0.764. The number of carbonyl (C=O) groups excluding carboxylic acids is 2. The smallest absolute Gasteiger partial charge is 0.407 e. The predicted molar refractivity (Wildman–Crippen MR) is 98.8 cm³/mol. The Bertz CT molecular complexity index is 629. The maximum absolute atomic E-state index is 12.7. The zero-order valence-electron chi connectivity index (χ0n) is 16.1. The Morgan fingerprint density at radius 3 is 2.46 bits per heavy atom. The van der Waals surface area contributed by atoms with Crippen molar-refractivity contribution in [3.63, 3.8) is 0 Å². The van der Waals surface area contributed by atoms with Crippen LogP contribution in [-0.4, -0.2) is 67.2 Å². The van der Waals surface area contributed by atoms with Crippen molar-refractivity contribution in [1.82, 2.24) is 15.5 Å². The second-order valence-electron chi connectivity index (χ2n) is 8.24. The van der Waals surface area contributed by atoms with E-state index in [1.54, 1.807) is 25.7 Å². The van der Waals surface area contributed by atoms with Crippen LogP contribution in [0.1, 0.15) is 53.4 Å². The molecule has 2 rings (SSSR count). The van der Waals surface area contributed by atoms with Gasteiger partial charge < -0.3 is 20.3 Å². The lowest BCUT2D eigenvalue weighted by Gasteiger charge is -2.39. The number of nitrogens with one attached hydrogen (secondary N) is 2. The van der Waals surface area contributed by atoms with Gasteiger partial charge in [-0.05, 0) is 53.4 Å². The molecule has 2 saturated heterocycles. The first-order valence-corrected chi connectivity index (χ1v) is 11.1. The average Bonchev–Trinajstić information content (AvgIpc) is 2.84. The van der Waals surface area contributed by atoms with E-state index in [2.05, 4.69) is 10.6 Å². The molecule has 0 saturated carbocycles. The number of amides is 3. The molecule has 0 aromatic heterocycles. The molecule has 0 unspecified atom stereocenters. The van der Waals surface area contributed by atoms with Gasteiger partial charge in [-0.25, -0.2) is 18.0 Å². The molecule has 8 nitrogen and oxygen atoms in total. The number of hydrogen-bond acceptors (Lipinski definition) is 5. The number of piperidine rings is 1. The molecule has 0 radical (unpaired) electrons. The topological polar surface area (TPSA) is 105 Å². The number of hydrogen-bond donors (Lipinski definition) is 2. The molecule has 3 amide bonds. The van der Waals surface area contributed by atoms with Gasteiger partial charge in [0.2, 0.25) is 0 Å². The van der Waals surface area contributed by atoms with Gasteiger partial charge in [0.15, 0.2) is 9.84 Å². The van der Waals surface area contributed by atoms with Gasteiger partial charge in [0.05, 0.1) is 17.5 Å². The van der Waals surface area contributed by atoms with Gasteiger partial charge in [-0.3, -0.25) is 0 Å². The van der Waals surface area contributed by atoms with Crippen molar-refractivity contribution >= 4 is 22.0 Å². The number of sulfone groups is 1. The third-order valence-corrected chi connectivity index (χ3v) is 6.46. The van der Waals surface area contributed by atoms with Gasteiger partial charge in [0.1, 0.15) is 5.60 Å². The minimum atomic E-state index is -3.04. The maximum atomic E-state index is 12.7. The van der Waals surface area contributed by atoms with Crippen molar-refractivity contribution in [2.75, 3.05) is 18.1 Å². The normalized spacial score (nSPS) is 26.8. The molecular formula is C17H31N3O5S. The van der Waals surface area contributed by atoms with E-state index >= 15 is 0 Å². The largest absolute Gasteiger partial charge is 0.444 e. The van der Waals surface area contributed by atoms with Crippen molar-refractivity contribution in [2.24, 2.45) is 0 Å². The van der Waals surface area contributed by atoms with Gasteiger partial charge in [-0.2, -0.15) is 0 Å². The molecule has 2 N–H and O–H groups in total. The van der Waals surface area contributed by atoms with Gasteiger partial charge in [-0.1, -0.05) is 0 Å². The van der Waals surface area contributed by atoms with E-state index in [4.69, 9.17) is 4.74 Å². The molecule has 2 aliphatic heterocycles. The Hall–Kier alpha value is -1.51. The number of likely N-dealkylation sites (tertiary alicyclic amines) is 1. The standard InChI is InChI=1S/C17H31N3O5S/c1-12(18-16(22)25-17(2,3)4)14-7-5-6-9-20(14)15(21)19-13-8-10-26(23,24)11-13/h12-14H,5-11H2,1-4H3,(H,18,22)(H,19,21)/t12-,13-,14+/m0/s1. The number of nitrogens with zero attached hydrogens (tertiary/aromatic N) is 1. The van der Waals surface area contributed by atoms with Crippen molar-refractivity contribution in [2.45, 2.75) is 77.1 Å². The first kappa shape index (κ1) is 20.8. The zero-order chi connectivity index (χ0) is 19.5. The maximum Gasteiger partial charge on any atom is 0.407 e. The van der Waals surface area contributed by atoms with E-state index in [-0.39, 0.29) is 35.7 Å². The minimum absolute atomic E-state index is 0.00294. The van der Waals surface area contributed by atoms with Crippen molar-refractivity contribution < 1.29 is 22.7 Å². The highest BCUT2D eigenvalue weighted by Crippen LogP contribution is 2.21. The highest BCUT2D eigenvalue weighted by molar-refractivity contribution is 7.91. The Morgan fingerprint density at radius 2 is 1.88 bits per heavy atom. The fourth-order valence-electron chi connectivity index (χ4n) is 3.49. The van der Waals surface area contributed by atoms with Crippen LogP contribution in [0, 0.1) is 0 Å². The molecule has 0 aromatic rings. The average molecular weight is 390 g/mol. The molecule has 26 heavy (non-hydrogen) atoms. The summed E-state index contributed by atoms with van der Waals surface area (Å²) in [6, 6.07) is -0.990. The summed E-state index contributed by atoms with van der Waals surface area (Å²) in [5, 5.41) is 5.66. The van der Waals surface area contributed by atoms with Gasteiger partial charge in [0.25, 0.3) is 0 Å². The van der Waals surface area contributed by atoms with Crippen LogP contribution >= 0.6 is 0 Å². The molecule has 2 heterocycles. The lowest BCUT2D eigenvalue weighted by atomic mass is 9.97. The zero-order valence-corrected chi connectivity index (χ0v) is 16.9. The summed E-state index contributed by atoms with van der Waals surface area (Å²) in [7, 11) is -3.04. The van der Waals surface area contributed by atoms with Crippen LogP contribution in [-0.2, 0) is 14.6 Å². The summed E-state index contributed by atoms with van der Waals surface area (Å²) >= 11 is 0. The Morgan fingerprint density at radius 1 is 1.19 bits per heavy atom. The first-order chi connectivity index (χ1) is 12.0. The van der Waals surface area contributed by atoms with Crippen LogP contribution in [0.25, 0.3) is 0 Å². The fraction of sp³-hybridized carbons (Fsp3) is 0.882. The number of ether oxygens (including phenoxy) is 1. The summed E-state index contributed by atoms with van der Waals surface area (Å²) in [5.41, 5.74) is -0.582. The van der Waals surface area contributed by atoms with Gasteiger partial charge >= 0.3 is 12.1 Å². The van der Waals surface area contributed by atoms with Gasteiger partial charge in [0, 0.05) is 18.6 Å². The van der Waals surface area contributed by atoms with E-state index < -0.39 is 21.5 Å². The minimum Gasteiger partial charge on any atom is -0.444 e. The fourth-order valence-corrected chi connectivity index (χ4v) is 5.16.